The first-order valence-corrected chi connectivity index (χ1v) is 7.11. The minimum absolute atomic E-state index is 0.0447. The number of rotatable bonds is 5. The van der Waals surface area contributed by atoms with Crippen molar-refractivity contribution in [2.75, 3.05) is 0 Å². The van der Waals surface area contributed by atoms with Gasteiger partial charge in [-0.15, -0.1) is 0 Å². The first-order chi connectivity index (χ1) is 9.97. The molecule has 1 N–H and O–H groups in total. The largest absolute Gasteiger partial charge is 0.480 e. The van der Waals surface area contributed by atoms with Crippen molar-refractivity contribution in [3.63, 3.8) is 0 Å². The molecule has 1 aromatic carbocycles. The third-order valence-corrected chi connectivity index (χ3v) is 4.10. The molecule has 2 amide bonds. The molecule has 0 bridgehead atoms. The van der Waals surface area contributed by atoms with Gasteiger partial charge in [-0.1, -0.05) is 50.6 Å². The quantitative estimate of drug-likeness (QED) is 0.842. The van der Waals surface area contributed by atoms with Crippen LogP contribution >= 0.6 is 0 Å². The van der Waals surface area contributed by atoms with E-state index in [2.05, 4.69) is 0 Å². The van der Waals surface area contributed by atoms with E-state index in [9.17, 15) is 19.5 Å². The summed E-state index contributed by atoms with van der Waals surface area (Å²) in [5.41, 5.74) is 0.756. The summed E-state index contributed by atoms with van der Waals surface area (Å²) in [6.45, 7) is 3.59. The maximum atomic E-state index is 12.5. The highest BCUT2D eigenvalue weighted by atomic mass is 16.4. The van der Waals surface area contributed by atoms with E-state index in [1.165, 1.54) is 0 Å². The third-order valence-electron chi connectivity index (χ3n) is 4.10. The Morgan fingerprint density at radius 3 is 2.48 bits per heavy atom. The number of hydrogen-bond acceptors (Lipinski definition) is 3. The molecule has 3 unspecified atom stereocenters. The Morgan fingerprint density at radius 1 is 1.33 bits per heavy atom. The average molecular weight is 289 g/mol. The normalized spacial score (nSPS) is 21.4. The van der Waals surface area contributed by atoms with Crippen molar-refractivity contribution in [1.82, 2.24) is 4.90 Å². The van der Waals surface area contributed by atoms with Crippen molar-refractivity contribution in [2.45, 2.75) is 38.6 Å². The Balaban J connectivity index is 2.31. The summed E-state index contributed by atoms with van der Waals surface area (Å²) < 4.78 is 0. The Hall–Kier alpha value is -2.17. The van der Waals surface area contributed by atoms with Crippen LogP contribution in [0.3, 0.4) is 0 Å². The Bertz CT molecular complexity index is 555. The van der Waals surface area contributed by atoms with Crippen molar-refractivity contribution < 1.29 is 19.5 Å². The van der Waals surface area contributed by atoms with Crippen LogP contribution in [0.25, 0.3) is 0 Å². The number of benzene rings is 1. The van der Waals surface area contributed by atoms with Crippen LogP contribution in [-0.2, 0) is 14.4 Å². The van der Waals surface area contributed by atoms with Gasteiger partial charge in [0.05, 0.1) is 5.92 Å². The smallest absolute Gasteiger partial charge is 0.327 e. The number of carbonyl (C=O) groups excluding carboxylic acids is 2. The molecule has 1 heterocycles. The van der Waals surface area contributed by atoms with E-state index in [4.69, 9.17) is 0 Å². The van der Waals surface area contributed by atoms with E-state index in [1.807, 2.05) is 13.0 Å². The van der Waals surface area contributed by atoms with Gasteiger partial charge < -0.3 is 5.11 Å². The van der Waals surface area contributed by atoms with E-state index >= 15 is 0 Å². The Morgan fingerprint density at radius 2 is 1.95 bits per heavy atom. The minimum atomic E-state index is -1.13. The molecule has 0 spiro atoms. The standard InChI is InChI=1S/C16H19NO4/c1-3-10(2)14(16(20)21)17-13(18)9-12(15(17)19)11-7-5-4-6-8-11/h4-8,10,12,14H,3,9H2,1-2H3,(H,20,21). The van der Waals surface area contributed by atoms with Crippen molar-refractivity contribution in [1.29, 1.82) is 0 Å². The molecule has 21 heavy (non-hydrogen) atoms. The lowest BCUT2D eigenvalue weighted by molar-refractivity contribution is -0.156. The molecular formula is C16H19NO4. The van der Waals surface area contributed by atoms with Crippen LogP contribution in [0, 0.1) is 5.92 Å². The average Bonchev–Trinajstić information content (AvgIpc) is 2.76. The highest BCUT2D eigenvalue weighted by molar-refractivity contribution is 6.08. The number of hydrogen-bond donors (Lipinski definition) is 1. The molecule has 0 aliphatic carbocycles. The number of carbonyl (C=O) groups is 3. The van der Waals surface area contributed by atoms with Gasteiger partial charge in [0.15, 0.2) is 0 Å². The summed E-state index contributed by atoms with van der Waals surface area (Å²) in [4.78, 5) is 37.1. The third kappa shape index (κ3) is 2.82. The number of nitrogens with zero attached hydrogens (tertiary/aromatic N) is 1. The summed E-state index contributed by atoms with van der Waals surface area (Å²) in [5, 5.41) is 9.38. The van der Waals surface area contributed by atoms with E-state index in [1.54, 1.807) is 31.2 Å². The lowest BCUT2D eigenvalue weighted by Gasteiger charge is -2.27. The molecule has 0 aromatic heterocycles. The summed E-state index contributed by atoms with van der Waals surface area (Å²) in [6, 6.07) is 7.94. The predicted molar refractivity (Wildman–Crippen MR) is 76.5 cm³/mol. The maximum Gasteiger partial charge on any atom is 0.327 e. The van der Waals surface area contributed by atoms with Crippen molar-refractivity contribution in [3.05, 3.63) is 35.9 Å². The number of aliphatic carboxylic acids is 1. The molecule has 5 heteroatoms. The Labute approximate surface area is 123 Å². The second-order valence-corrected chi connectivity index (χ2v) is 5.44. The van der Waals surface area contributed by atoms with Crippen LogP contribution < -0.4 is 0 Å². The summed E-state index contributed by atoms with van der Waals surface area (Å²) >= 11 is 0. The molecule has 2 rings (SSSR count). The van der Waals surface area contributed by atoms with Gasteiger partial charge in [0.2, 0.25) is 11.8 Å². The zero-order valence-electron chi connectivity index (χ0n) is 12.2. The number of carboxylic acids is 1. The van der Waals surface area contributed by atoms with E-state index in [0.717, 1.165) is 10.5 Å². The summed E-state index contributed by atoms with van der Waals surface area (Å²) in [5.74, 6) is -2.77. The van der Waals surface area contributed by atoms with Gasteiger partial charge in [0.1, 0.15) is 6.04 Å². The number of amides is 2. The molecule has 112 valence electrons. The maximum absolute atomic E-state index is 12.5. The molecule has 1 fully saturated rings. The van der Waals surface area contributed by atoms with Gasteiger partial charge in [-0.3, -0.25) is 14.5 Å². The van der Waals surface area contributed by atoms with E-state index < -0.39 is 29.7 Å². The molecule has 3 atom stereocenters. The lowest BCUT2D eigenvalue weighted by Crippen LogP contribution is -2.48. The fourth-order valence-corrected chi connectivity index (χ4v) is 2.72. The summed E-state index contributed by atoms with van der Waals surface area (Å²) in [7, 11) is 0. The highest BCUT2D eigenvalue weighted by Crippen LogP contribution is 2.32. The molecule has 0 radical (unpaired) electrons. The van der Waals surface area contributed by atoms with Crippen LogP contribution in [0.1, 0.15) is 38.2 Å². The topological polar surface area (TPSA) is 74.7 Å². The second kappa shape index (κ2) is 6.08. The first kappa shape index (κ1) is 15.2. The molecule has 1 aromatic rings. The van der Waals surface area contributed by atoms with Gasteiger partial charge in [0, 0.05) is 6.42 Å². The van der Waals surface area contributed by atoms with Crippen molar-refractivity contribution in [3.8, 4) is 0 Å². The van der Waals surface area contributed by atoms with Crippen LogP contribution in [0.15, 0.2) is 30.3 Å². The zero-order chi connectivity index (χ0) is 15.6. The second-order valence-electron chi connectivity index (χ2n) is 5.44. The molecular weight excluding hydrogens is 270 g/mol. The molecule has 1 aliphatic heterocycles. The SMILES string of the molecule is CCC(C)C(C(=O)O)N1C(=O)CC(c2ccccc2)C1=O. The van der Waals surface area contributed by atoms with Crippen LogP contribution in [0.2, 0.25) is 0 Å². The highest BCUT2D eigenvalue weighted by Gasteiger charge is 2.46. The van der Waals surface area contributed by atoms with Gasteiger partial charge >= 0.3 is 5.97 Å². The number of likely N-dealkylation sites (tertiary alicyclic amines) is 1. The molecule has 1 aliphatic rings. The van der Waals surface area contributed by atoms with Crippen LogP contribution in [0.5, 0.6) is 0 Å². The minimum Gasteiger partial charge on any atom is -0.480 e. The first-order valence-electron chi connectivity index (χ1n) is 7.11. The molecule has 5 nitrogen and oxygen atoms in total. The van der Waals surface area contributed by atoms with Gasteiger partial charge in [-0.25, -0.2) is 4.79 Å². The van der Waals surface area contributed by atoms with Crippen LogP contribution in [0.4, 0.5) is 0 Å². The molecule has 1 saturated heterocycles. The lowest BCUT2D eigenvalue weighted by atomic mass is 9.96. The zero-order valence-corrected chi connectivity index (χ0v) is 12.2. The van der Waals surface area contributed by atoms with Gasteiger partial charge in [0.25, 0.3) is 0 Å². The fourth-order valence-electron chi connectivity index (χ4n) is 2.72. The number of imide groups is 1. The van der Waals surface area contributed by atoms with Gasteiger partial charge in [-0.05, 0) is 11.5 Å². The fraction of sp³-hybridized carbons (Fsp3) is 0.438. The predicted octanol–water partition coefficient (Wildman–Crippen LogP) is 2.03. The van der Waals surface area contributed by atoms with Crippen molar-refractivity contribution >= 4 is 17.8 Å². The van der Waals surface area contributed by atoms with Gasteiger partial charge in [-0.2, -0.15) is 0 Å². The monoisotopic (exact) mass is 289 g/mol. The van der Waals surface area contributed by atoms with Crippen LogP contribution in [-0.4, -0.2) is 33.8 Å². The van der Waals surface area contributed by atoms with E-state index in [0.29, 0.717) is 6.42 Å². The van der Waals surface area contributed by atoms with Crippen molar-refractivity contribution in [2.24, 2.45) is 5.92 Å². The Kier molecular flexibility index (Phi) is 4.40. The number of carboxylic acid groups (broad SMARTS) is 1. The van der Waals surface area contributed by atoms with E-state index in [-0.39, 0.29) is 12.3 Å². The molecule has 0 saturated carbocycles. The summed E-state index contributed by atoms with van der Waals surface area (Å²) in [6.07, 6.45) is 0.632.